The normalized spacial score (nSPS) is 10.6. The van der Waals surface area contributed by atoms with Gasteiger partial charge in [0.25, 0.3) is 0 Å². The summed E-state index contributed by atoms with van der Waals surface area (Å²) in [6, 6.07) is 4.96. The van der Waals surface area contributed by atoms with E-state index in [1.807, 2.05) is 6.07 Å². The van der Waals surface area contributed by atoms with Gasteiger partial charge in [-0.3, -0.25) is 0 Å². The molecule has 0 aliphatic rings. The van der Waals surface area contributed by atoms with Crippen LogP contribution in [0.15, 0.2) is 18.2 Å². The number of benzene rings is 1. The molecule has 1 aromatic rings. The molecule has 0 aromatic heterocycles. The molecule has 0 aliphatic carbocycles. The summed E-state index contributed by atoms with van der Waals surface area (Å²) in [5.74, 6) is -0.0381. The minimum atomic E-state index is -0.327. The fraction of sp³-hybridized carbons (Fsp3) is 0.538. The number of methoxy groups -OCH3 is 1. The van der Waals surface area contributed by atoms with Crippen molar-refractivity contribution in [1.82, 2.24) is 0 Å². The summed E-state index contributed by atoms with van der Waals surface area (Å²) < 4.78 is 29.0. The topological polar surface area (TPSA) is 27.7 Å². The van der Waals surface area contributed by atoms with Crippen LogP contribution < -0.4 is 4.74 Å². The highest BCUT2D eigenvalue weighted by Crippen LogP contribution is 2.19. The monoisotopic (exact) mass is 320 g/mol. The second kappa shape index (κ2) is 9.30. The Kier molecular flexibility index (Phi) is 7.96. The minimum Gasteiger partial charge on any atom is -0.490 e. The predicted molar refractivity (Wildman–Crippen MR) is 71.8 cm³/mol. The van der Waals surface area contributed by atoms with Crippen molar-refractivity contribution in [2.75, 3.05) is 33.5 Å². The summed E-state index contributed by atoms with van der Waals surface area (Å²) in [7, 11) is 1.63. The molecule has 18 heavy (non-hydrogen) atoms. The molecule has 0 fully saturated rings. The predicted octanol–water partition coefficient (Wildman–Crippen LogP) is 3.15. The van der Waals surface area contributed by atoms with Gasteiger partial charge in [0, 0.05) is 25.5 Å². The van der Waals surface area contributed by atoms with E-state index >= 15 is 0 Å². The lowest BCUT2D eigenvalue weighted by Crippen LogP contribution is -2.07. The zero-order chi connectivity index (χ0) is 13.2. The van der Waals surface area contributed by atoms with Gasteiger partial charge >= 0.3 is 0 Å². The molecule has 0 radical (unpaired) electrons. The van der Waals surface area contributed by atoms with E-state index in [4.69, 9.17) is 14.2 Å². The van der Waals surface area contributed by atoms with Gasteiger partial charge in [-0.05, 0) is 17.7 Å². The molecule has 0 bridgehead atoms. The second-order valence-electron chi connectivity index (χ2n) is 3.71. The van der Waals surface area contributed by atoms with Gasteiger partial charge in [-0.25, -0.2) is 4.39 Å². The third-order valence-corrected chi connectivity index (χ3v) is 2.92. The van der Waals surface area contributed by atoms with Crippen LogP contribution in [0, 0.1) is 5.82 Å². The molecule has 1 rings (SSSR count). The Labute approximate surface area is 115 Å². The number of hydrogen-bond acceptors (Lipinski definition) is 3. The van der Waals surface area contributed by atoms with Crippen LogP contribution in [0.3, 0.4) is 0 Å². The first-order valence-corrected chi connectivity index (χ1v) is 6.94. The molecule has 0 N–H and O–H groups in total. The Morgan fingerprint density at radius 1 is 1.17 bits per heavy atom. The fourth-order valence-electron chi connectivity index (χ4n) is 1.33. The van der Waals surface area contributed by atoms with Crippen molar-refractivity contribution >= 4 is 15.9 Å². The second-order valence-corrected chi connectivity index (χ2v) is 4.27. The molecule has 0 spiro atoms. The van der Waals surface area contributed by atoms with Crippen molar-refractivity contribution < 1.29 is 18.6 Å². The molecule has 0 heterocycles. The van der Waals surface area contributed by atoms with Gasteiger partial charge in [-0.15, -0.1) is 0 Å². The van der Waals surface area contributed by atoms with Crippen molar-refractivity contribution in [3.8, 4) is 5.75 Å². The molecular formula is C13H18BrFO3. The Balaban J connectivity index is 2.19. The number of alkyl halides is 1. The molecule has 0 atom stereocenters. The summed E-state index contributed by atoms with van der Waals surface area (Å²) in [6.45, 7) is 2.19. The van der Waals surface area contributed by atoms with Gasteiger partial charge in [-0.1, -0.05) is 22.0 Å². The molecule has 0 saturated carbocycles. The average Bonchev–Trinajstić information content (AvgIpc) is 2.39. The highest BCUT2D eigenvalue weighted by atomic mass is 79.9. The third-order valence-electron chi connectivity index (χ3n) is 2.27. The van der Waals surface area contributed by atoms with Crippen LogP contribution in [0.4, 0.5) is 4.39 Å². The van der Waals surface area contributed by atoms with Crippen molar-refractivity contribution in [2.24, 2.45) is 0 Å². The zero-order valence-corrected chi connectivity index (χ0v) is 12.0. The maximum absolute atomic E-state index is 13.5. The highest BCUT2D eigenvalue weighted by Gasteiger charge is 2.04. The van der Waals surface area contributed by atoms with Gasteiger partial charge in [0.1, 0.15) is 0 Å². The van der Waals surface area contributed by atoms with Crippen LogP contribution >= 0.6 is 15.9 Å². The van der Waals surface area contributed by atoms with E-state index in [1.165, 1.54) is 6.07 Å². The molecule has 5 heteroatoms. The summed E-state index contributed by atoms with van der Waals surface area (Å²) >= 11 is 3.28. The maximum Gasteiger partial charge on any atom is 0.165 e. The molecule has 0 amide bonds. The van der Waals surface area contributed by atoms with Crippen LogP contribution in [0.5, 0.6) is 5.75 Å². The summed E-state index contributed by atoms with van der Waals surface area (Å²) in [6.07, 6.45) is 0.726. The average molecular weight is 321 g/mol. The Morgan fingerprint density at radius 3 is 2.67 bits per heavy atom. The summed E-state index contributed by atoms with van der Waals surface area (Å²) in [4.78, 5) is 0. The van der Waals surface area contributed by atoms with Crippen LogP contribution in [0.25, 0.3) is 0 Å². The zero-order valence-electron chi connectivity index (χ0n) is 10.5. The van der Waals surface area contributed by atoms with Crippen molar-refractivity contribution in [3.05, 3.63) is 29.6 Å². The molecule has 0 unspecified atom stereocenters. The Bertz CT molecular complexity index is 347. The summed E-state index contributed by atoms with van der Waals surface area (Å²) in [5, 5.41) is 0.636. The summed E-state index contributed by atoms with van der Waals surface area (Å²) in [5.41, 5.74) is 0.891. The van der Waals surface area contributed by atoms with Gasteiger partial charge in [0.2, 0.25) is 0 Å². The lowest BCUT2D eigenvalue weighted by molar-refractivity contribution is 0.0642. The largest absolute Gasteiger partial charge is 0.490 e. The fourth-order valence-corrected chi connectivity index (χ4v) is 1.68. The van der Waals surface area contributed by atoms with Crippen LogP contribution in [0.1, 0.15) is 12.0 Å². The van der Waals surface area contributed by atoms with Crippen LogP contribution in [-0.2, 0) is 14.8 Å². The van der Waals surface area contributed by atoms with Crippen molar-refractivity contribution in [3.63, 3.8) is 0 Å². The van der Waals surface area contributed by atoms with E-state index in [-0.39, 0.29) is 11.6 Å². The first-order chi connectivity index (χ1) is 8.77. The quantitative estimate of drug-likeness (QED) is 0.516. The smallest absolute Gasteiger partial charge is 0.165 e. The number of halogens is 2. The number of rotatable bonds is 9. The molecule has 1 aromatic carbocycles. The van der Waals surface area contributed by atoms with Gasteiger partial charge in [-0.2, -0.15) is 0 Å². The lowest BCUT2D eigenvalue weighted by atomic mass is 10.2. The molecule has 0 aliphatic heterocycles. The van der Waals surface area contributed by atoms with Crippen molar-refractivity contribution in [1.29, 1.82) is 0 Å². The Morgan fingerprint density at radius 2 is 2.00 bits per heavy atom. The van der Waals surface area contributed by atoms with Crippen molar-refractivity contribution in [2.45, 2.75) is 11.8 Å². The molecule has 102 valence electrons. The minimum absolute atomic E-state index is 0.289. The first-order valence-electron chi connectivity index (χ1n) is 5.81. The molecule has 3 nitrogen and oxygen atoms in total. The Hall–Kier alpha value is -0.650. The SMILES string of the molecule is COCCOCCCOc1ccc(CBr)cc1F. The van der Waals surface area contributed by atoms with E-state index in [0.717, 1.165) is 12.0 Å². The van der Waals surface area contributed by atoms with Crippen LogP contribution in [-0.4, -0.2) is 33.5 Å². The van der Waals surface area contributed by atoms with Gasteiger partial charge in [0.05, 0.1) is 19.8 Å². The molecular weight excluding hydrogens is 303 g/mol. The van der Waals surface area contributed by atoms with E-state index < -0.39 is 0 Å². The van der Waals surface area contributed by atoms with E-state index in [2.05, 4.69) is 15.9 Å². The first kappa shape index (κ1) is 15.4. The van der Waals surface area contributed by atoms with Gasteiger partial charge in [0.15, 0.2) is 11.6 Å². The van der Waals surface area contributed by atoms with Crippen LogP contribution in [0.2, 0.25) is 0 Å². The standard InChI is InChI=1S/C13H18BrFO3/c1-16-7-8-17-5-2-6-18-13-4-3-11(10-14)9-12(13)15/h3-4,9H,2,5-8,10H2,1H3. The number of hydrogen-bond donors (Lipinski definition) is 0. The maximum atomic E-state index is 13.5. The molecule has 0 saturated heterocycles. The van der Waals surface area contributed by atoms with Gasteiger partial charge < -0.3 is 14.2 Å². The van der Waals surface area contributed by atoms with E-state index in [1.54, 1.807) is 13.2 Å². The highest BCUT2D eigenvalue weighted by molar-refractivity contribution is 9.08. The van der Waals surface area contributed by atoms with E-state index in [9.17, 15) is 4.39 Å². The van der Waals surface area contributed by atoms with E-state index in [0.29, 0.717) is 31.8 Å². The number of ether oxygens (including phenoxy) is 3. The third kappa shape index (κ3) is 5.80. The lowest BCUT2D eigenvalue weighted by Gasteiger charge is -2.08.